The van der Waals surface area contributed by atoms with Gasteiger partial charge in [0.1, 0.15) is 6.10 Å². The molecule has 0 radical (unpaired) electrons. The predicted octanol–water partition coefficient (Wildman–Crippen LogP) is 1.09. The highest BCUT2D eigenvalue weighted by Gasteiger charge is 2.16. The van der Waals surface area contributed by atoms with E-state index < -0.39 is 6.10 Å². The Morgan fingerprint density at radius 3 is 2.75 bits per heavy atom. The van der Waals surface area contributed by atoms with E-state index in [-0.39, 0.29) is 6.04 Å². The maximum atomic E-state index is 9.68. The van der Waals surface area contributed by atoms with Crippen LogP contribution in [-0.2, 0) is 0 Å². The Balaban J connectivity index is 2.70. The lowest BCUT2D eigenvalue weighted by Gasteiger charge is -2.15. The Morgan fingerprint density at radius 1 is 1.67 bits per heavy atom. The lowest BCUT2D eigenvalue weighted by molar-refractivity contribution is 0.136. The van der Waals surface area contributed by atoms with Crippen molar-refractivity contribution in [3.05, 3.63) is 16.1 Å². The molecule has 0 spiro atoms. The Kier molecular flexibility index (Phi) is 3.20. The number of hydrogen-bond acceptors (Lipinski definition) is 4. The molecule has 0 bridgehead atoms. The zero-order valence-corrected chi connectivity index (χ0v) is 8.35. The standard InChI is InChI=1S/C8H14N2OS/c1-5(9-3)8(11)7-4-12-6(2)10-7/h4-5,8-9,11H,1-3H3/t5-,8?/m0/s1. The molecule has 0 amide bonds. The molecule has 1 heterocycles. The highest BCUT2D eigenvalue weighted by molar-refractivity contribution is 7.09. The number of thiazole rings is 1. The Bertz CT molecular complexity index is 249. The molecule has 1 aromatic rings. The van der Waals surface area contributed by atoms with E-state index in [0.29, 0.717) is 0 Å². The summed E-state index contributed by atoms with van der Waals surface area (Å²) in [4.78, 5) is 4.21. The van der Waals surface area contributed by atoms with Gasteiger partial charge in [-0.25, -0.2) is 4.98 Å². The zero-order chi connectivity index (χ0) is 9.14. The molecule has 68 valence electrons. The molecule has 2 atom stereocenters. The fraction of sp³-hybridized carbons (Fsp3) is 0.625. The van der Waals surface area contributed by atoms with Crippen molar-refractivity contribution in [2.75, 3.05) is 7.05 Å². The van der Waals surface area contributed by atoms with Crippen LogP contribution in [0.5, 0.6) is 0 Å². The number of likely N-dealkylation sites (N-methyl/N-ethyl adjacent to an activating group) is 1. The van der Waals surface area contributed by atoms with Crippen molar-refractivity contribution in [2.24, 2.45) is 0 Å². The van der Waals surface area contributed by atoms with E-state index in [4.69, 9.17) is 0 Å². The summed E-state index contributed by atoms with van der Waals surface area (Å²) in [5.41, 5.74) is 0.763. The summed E-state index contributed by atoms with van der Waals surface area (Å²) in [6.45, 7) is 3.87. The van der Waals surface area contributed by atoms with Crippen molar-refractivity contribution < 1.29 is 5.11 Å². The molecule has 1 aromatic heterocycles. The number of nitrogens with one attached hydrogen (secondary N) is 1. The van der Waals surface area contributed by atoms with Crippen molar-refractivity contribution in [1.29, 1.82) is 0 Å². The van der Waals surface area contributed by atoms with Crippen LogP contribution in [0.3, 0.4) is 0 Å². The molecule has 0 fully saturated rings. The van der Waals surface area contributed by atoms with Gasteiger partial charge in [0.15, 0.2) is 0 Å². The van der Waals surface area contributed by atoms with Crippen molar-refractivity contribution in [3.63, 3.8) is 0 Å². The molecule has 0 aliphatic rings. The molecule has 1 rings (SSSR count). The normalized spacial score (nSPS) is 16.0. The summed E-state index contributed by atoms with van der Waals surface area (Å²) in [5, 5.41) is 15.6. The van der Waals surface area contributed by atoms with E-state index >= 15 is 0 Å². The molecule has 2 N–H and O–H groups in total. The summed E-state index contributed by atoms with van der Waals surface area (Å²) >= 11 is 1.56. The Morgan fingerprint density at radius 2 is 2.33 bits per heavy atom. The molecule has 0 aliphatic carbocycles. The molecule has 0 aromatic carbocycles. The van der Waals surface area contributed by atoms with Crippen LogP contribution < -0.4 is 5.32 Å². The molecule has 1 unspecified atom stereocenters. The first-order valence-corrected chi connectivity index (χ1v) is 4.80. The minimum Gasteiger partial charge on any atom is -0.385 e. The van der Waals surface area contributed by atoms with E-state index in [1.54, 1.807) is 11.3 Å². The van der Waals surface area contributed by atoms with Crippen LogP contribution in [0.1, 0.15) is 23.7 Å². The quantitative estimate of drug-likeness (QED) is 0.743. The van der Waals surface area contributed by atoms with Gasteiger partial charge in [0.2, 0.25) is 0 Å². The zero-order valence-electron chi connectivity index (χ0n) is 7.53. The van der Waals surface area contributed by atoms with Crippen molar-refractivity contribution >= 4 is 11.3 Å². The van der Waals surface area contributed by atoms with Gasteiger partial charge in [-0.2, -0.15) is 0 Å². The van der Waals surface area contributed by atoms with Gasteiger partial charge in [-0.05, 0) is 20.9 Å². The van der Waals surface area contributed by atoms with Gasteiger partial charge < -0.3 is 10.4 Å². The molecule has 0 aliphatic heterocycles. The fourth-order valence-corrected chi connectivity index (χ4v) is 1.57. The second-order valence-electron chi connectivity index (χ2n) is 2.81. The molecule has 12 heavy (non-hydrogen) atoms. The smallest absolute Gasteiger partial charge is 0.112 e. The minimum absolute atomic E-state index is 0.0477. The Hall–Kier alpha value is -0.450. The highest BCUT2D eigenvalue weighted by atomic mass is 32.1. The highest BCUT2D eigenvalue weighted by Crippen LogP contribution is 2.18. The number of aliphatic hydroxyl groups is 1. The van der Waals surface area contributed by atoms with Gasteiger partial charge >= 0.3 is 0 Å². The van der Waals surface area contributed by atoms with E-state index in [0.717, 1.165) is 10.7 Å². The van der Waals surface area contributed by atoms with Crippen LogP contribution in [0.4, 0.5) is 0 Å². The van der Waals surface area contributed by atoms with Gasteiger partial charge in [-0.15, -0.1) is 11.3 Å². The summed E-state index contributed by atoms with van der Waals surface area (Å²) < 4.78 is 0. The van der Waals surface area contributed by atoms with E-state index in [2.05, 4.69) is 10.3 Å². The maximum absolute atomic E-state index is 9.68. The fourth-order valence-electron chi connectivity index (χ4n) is 0.930. The van der Waals surface area contributed by atoms with Crippen LogP contribution in [0, 0.1) is 6.92 Å². The van der Waals surface area contributed by atoms with Gasteiger partial charge in [-0.1, -0.05) is 0 Å². The minimum atomic E-state index is -0.500. The molecule has 4 heteroatoms. The number of aromatic nitrogens is 1. The summed E-state index contributed by atoms with van der Waals surface area (Å²) in [6, 6.07) is 0.0477. The third kappa shape index (κ3) is 2.03. The lowest BCUT2D eigenvalue weighted by atomic mass is 10.1. The molecule has 0 saturated heterocycles. The topological polar surface area (TPSA) is 45.1 Å². The number of aryl methyl sites for hydroxylation is 1. The van der Waals surface area contributed by atoms with Gasteiger partial charge in [0.05, 0.1) is 10.7 Å². The van der Waals surface area contributed by atoms with E-state index in [1.165, 1.54) is 0 Å². The second-order valence-corrected chi connectivity index (χ2v) is 3.88. The third-order valence-corrected chi connectivity index (χ3v) is 2.66. The van der Waals surface area contributed by atoms with Crippen LogP contribution in [0.15, 0.2) is 5.38 Å². The summed E-state index contributed by atoms with van der Waals surface area (Å²) in [5.74, 6) is 0. The summed E-state index contributed by atoms with van der Waals surface area (Å²) in [7, 11) is 1.83. The third-order valence-electron chi connectivity index (χ3n) is 1.87. The average Bonchev–Trinajstić information content (AvgIpc) is 2.49. The first kappa shape index (κ1) is 9.64. The molecular weight excluding hydrogens is 172 g/mol. The summed E-state index contributed by atoms with van der Waals surface area (Å²) in [6.07, 6.45) is -0.500. The van der Waals surface area contributed by atoms with Crippen molar-refractivity contribution in [3.8, 4) is 0 Å². The molecule has 3 nitrogen and oxygen atoms in total. The number of rotatable bonds is 3. The molecular formula is C8H14N2OS. The van der Waals surface area contributed by atoms with Crippen LogP contribution in [0.25, 0.3) is 0 Å². The predicted molar refractivity (Wildman–Crippen MR) is 50.3 cm³/mol. The van der Waals surface area contributed by atoms with Crippen LogP contribution in [0.2, 0.25) is 0 Å². The second kappa shape index (κ2) is 3.98. The lowest BCUT2D eigenvalue weighted by Crippen LogP contribution is -2.28. The largest absolute Gasteiger partial charge is 0.385 e. The van der Waals surface area contributed by atoms with Gasteiger partial charge in [-0.3, -0.25) is 0 Å². The average molecular weight is 186 g/mol. The van der Waals surface area contributed by atoms with Gasteiger partial charge in [0, 0.05) is 11.4 Å². The van der Waals surface area contributed by atoms with Crippen LogP contribution >= 0.6 is 11.3 Å². The number of nitrogens with zero attached hydrogens (tertiary/aromatic N) is 1. The van der Waals surface area contributed by atoms with Crippen molar-refractivity contribution in [1.82, 2.24) is 10.3 Å². The Labute approximate surface area is 76.5 Å². The molecule has 0 saturated carbocycles. The van der Waals surface area contributed by atoms with Crippen molar-refractivity contribution in [2.45, 2.75) is 26.0 Å². The van der Waals surface area contributed by atoms with Crippen LogP contribution in [-0.4, -0.2) is 23.2 Å². The SMILES string of the molecule is CN[C@@H](C)C(O)c1csc(C)n1. The van der Waals surface area contributed by atoms with Gasteiger partial charge in [0.25, 0.3) is 0 Å². The monoisotopic (exact) mass is 186 g/mol. The van der Waals surface area contributed by atoms with E-state index in [9.17, 15) is 5.11 Å². The number of aliphatic hydroxyl groups excluding tert-OH is 1. The van der Waals surface area contributed by atoms with E-state index in [1.807, 2.05) is 26.3 Å². The maximum Gasteiger partial charge on any atom is 0.112 e. The number of hydrogen-bond donors (Lipinski definition) is 2. The first-order chi connectivity index (χ1) is 5.65. The first-order valence-electron chi connectivity index (χ1n) is 3.92.